The maximum Gasteiger partial charge on any atom is 0.112 e. The van der Waals surface area contributed by atoms with E-state index in [2.05, 4.69) is 5.87 Å². The van der Waals surface area contributed by atoms with Gasteiger partial charge in [0.05, 0.1) is 6.26 Å². The molecule has 2 aromatic carbocycles. The molecule has 3 nitrogen and oxygen atoms in total. The van der Waals surface area contributed by atoms with Crippen LogP contribution in [0.15, 0.2) is 90.9 Å². The van der Waals surface area contributed by atoms with E-state index in [0.717, 1.165) is 11.3 Å². The topological polar surface area (TPSA) is 36.3 Å². The normalized spacial score (nSPS) is 10.7. The minimum absolute atomic E-state index is 0.544. The van der Waals surface area contributed by atoms with Crippen LogP contribution < -0.4 is 4.90 Å². The molecule has 0 aliphatic heterocycles. The van der Waals surface area contributed by atoms with Gasteiger partial charge in [-0.1, -0.05) is 54.6 Å². The molecular weight excluding hydrogens is 284 g/mol. The first-order valence-electron chi connectivity index (χ1n) is 7.38. The molecule has 0 aliphatic carbocycles. The summed E-state index contributed by atoms with van der Waals surface area (Å²) in [5, 5.41) is 7.43. The van der Waals surface area contributed by atoms with Crippen LogP contribution in [0.1, 0.15) is 5.56 Å². The van der Waals surface area contributed by atoms with Crippen LogP contribution in [-0.2, 0) is 11.3 Å². The average Bonchev–Trinajstić information content (AvgIpc) is 2.62. The number of hydrogen-bond donors (Lipinski definition) is 1. The first kappa shape index (κ1) is 16.3. The molecule has 0 heterocycles. The fourth-order valence-corrected chi connectivity index (χ4v) is 1.99. The first-order chi connectivity index (χ1) is 11.3. The molecule has 3 heteroatoms. The molecule has 0 aliphatic rings. The number of para-hydroxylation sites is 1. The summed E-state index contributed by atoms with van der Waals surface area (Å²) in [5.41, 5.74) is 2.81. The van der Waals surface area contributed by atoms with Gasteiger partial charge in [-0.05, 0) is 29.8 Å². The van der Waals surface area contributed by atoms with E-state index in [1.807, 2.05) is 84.8 Å². The number of likely N-dealkylation sites (N-methyl/N-ethyl adjacent to an activating group) is 1. The van der Waals surface area contributed by atoms with E-state index >= 15 is 0 Å². The molecule has 2 aromatic rings. The Morgan fingerprint density at radius 1 is 1.04 bits per heavy atom. The number of anilines is 1. The third-order valence-electron chi connectivity index (χ3n) is 3.27. The van der Waals surface area contributed by atoms with Crippen molar-refractivity contribution in [2.24, 2.45) is 0 Å². The highest BCUT2D eigenvalue weighted by atomic mass is 16.5. The summed E-state index contributed by atoms with van der Waals surface area (Å²) in [6, 6.07) is 19.9. The summed E-state index contributed by atoms with van der Waals surface area (Å²) in [6.45, 7) is 0.544. The minimum Gasteiger partial charge on any atom is -0.497 e. The molecule has 0 aromatic heterocycles. The summed E-state index contributed by atoms with van der Waals surface area (Å²) in [5.74, 6) is 2.45. The van der Waals surface area contributed by atoms with Crippen molar-refractivity contribution in [2.45, 2.75) is 6.61 Å². The fraction of sp³-hybridized carbons (Fsp3) is 0.100. The van der Waals surface area contributed by atoms with Crippen molar-refractivity contribution in [1.29, 1.82) is 5.41 Å². The number of hydrogen-bond acceptors (Lipinski definition) is 3. The number of rotatable bonds is 7. The van der Waals surface area contributed by atoms with Crippen LogP contribution in [0.25, 0.3) is 0 Å². The van der Waals surface area contributed by atoms with Crippen molar-refractivity contribution in [2.75, 3.05) is 11.9 Å². The Labute approximate surface area is 137 Å². The van der Waals surface area contributed by atoms with Gasteiger partial charge in [0.1, 0.15) is 12.3 Å². The molecule has 0 bridgehead atoms. The molecule has 0 fully saturated rings. The molecule has 0 radical (unpaired) electrons. The van der Waals surface area contributed by atoms with Crippen molar-refractivity contribution >= 4 is 11.6 Å². The Morgan fingerprint density at radius 2 is 1.70 bits per heavy atom. The van der Waals surface area contributed by atoms with Crippen LogP contribution in [0.3, 0.4) is 0 Å². The zero-order valence-corrected chi connectivity index (χ0v) is 13.1. The number of nitrogens with one attached hydrogen (secondary N) is 1. The Hall–Kier alpha value is -3.03. The quantitative estimate of drug-likeness (QED) is 0.463. The lowest BCUT2D eigenvalue weighted by Crippen LogP contribution is -2.15. The van der Waals surface area contributed by atoms with Crippen LogP contribution in [-0.4, -0.2) is 12.9 Å². The molecule has 0 atom stereocenters. The van der Waals surface area contributed by atoms with Crippen molar-refractivity contribution in [3.05, 3.63) is 96.4 Å². The van der Waals surface area contributed by atoms with Crippen molar-refractivity contribution < 1.29 is 4.74 Å². The van der Waals surface area contributed by atoms with Gasteiger partial charge < -0.3 is 9.64 Å². The highest BCUT2D eigenvalue weighted by Gasteiger charge is 2.02. The summed E-state index contributed by atoms with van der Waals surface area (Å²) < 4.78 is 5.46. The van der Waals surface area contributed by atoms with Crippen molar-refractivity contribution in [3.63, 3.8) is 0 Å². The molecule has 0 spiro atoms. The second kappa shape index (κ2) is 9.08. The molecule has 23 heavy (non-hydrogen) atoms. The van der Waals surface area contributed by atoms with Gasteiger partial charge in [0.15, 0.2) is 0 Å². The van der Waals surface area contributed by atoms with Gasteiger partial charge in [0.2, 0.25) is 0 Å². The summed E-state index contributed by atoms with van der Waals surface area (Å²) in [6.07, 6.45) is 7.11. The molecular formula is C20H20N2O. The van der Waals surface area contributed by atoms with E-state index in [0.29, 0.717) is 12.3 Å². The number of ether oxygens (including phenoxy) is 1. The zero-order valence-electron chi connectivity index (χ0n) is 13.1. The van der Waals surface area contributed by atoms with Gasteiger partial charge in [-0.15, -0.1) is 0 Å². The number of benzene rings is 2. The zero-order chi connectivity index (χ0) is 16.3. The van der Waals surface area contributed by atoms with E-state index in [9.17, 15) is 0 Å². The van der Waals surface area contributed by atoms with Crippen LogP contribution in [0.2, 0.25) is 0 Å². The monoisotopic (exact) mass is 304 g/mol. The molecule has 1 N–H and O–H groups in total. The largest absolute Gasteiger partial charge is 0.497 e. The number of nitrogens with zero attached hydrogens (tertiary/aromatic N) is 1. The predicted molar refractivity (Wildman–Crippen MR) is 95.6 cm³/mol. The molecule has 0 saturated heterocycles. The van der Waals surface area contributed by atoms with Crippen LogP contribution in [0.5, 0.6) is 0 Å². The van der Waals surface area contributed by atoms with Gasteiger partial charge in [-0.3, -0.25) is 5.41 Å². The fourth-order valence-electron chi connectivity index (χ4n) is 1.99. The van der Waals surface area contributed by atoms with Gasteiger partial charge >= 0.3 is 0 Å². The second-order valence-electron chi connectivity index (χ2n) is 4.89. The maximum absolute atomic E-state index is 7.43. The van der Waals surface area contributed by atoms with Gasteiger partial charge in [-0.25, -0.2) is 0 Å². The van der Waals surface area contributed by atoms with Gasteiger partial charge in [0.25, 0.3) is 0 Å². The standard InChI is InChI=1S/C20H20N2O/c1-22(19-12-6-3-7-13-19)20(16-21)14-8-9-15-23-17-18-10-4-2-5-11-18/h2-15,21H,17H2,1H3/b14-8?,15-9+. The Morgan fingerprint density at radius 3 is 2.35 bits per heavy atom. The SMILES string of the molecule is CN(C(=C=N)C=C/C=C/OCc1ccccc1)c1ccccc1. The summed E-state index contributed by atoms with van der Waals surface area (Å²) in [4.78, 5) is 1.90. The van der Waals surface area contributed by atoms with Crippen LogP contribution in [0.4, 0.5) is 5.69 Å². The molecule has 0 amide bonds. The lowest BCUT2D eigenvalue weighted by Gasteiger charge is -2.17. The van der Waals surface area contributed by atoms with E-state index in [-0.39, 0.29) is 0 Å². The Bertz CT molecular complexity index is 699. The van der Waals surface area contributed by atoms with Crippen LogP contribution in [0, 0.1) is 5.41 Å². The highest BCUT2D eigenvalue weighted by Crippen LogP contribution is 2.15. The van der Waals surface area contributed by atoms with E-state index < -0.39 is 0 Å². The highest BCUT2D eigenvalue weighted by molar-refractivity contribution is 5.68. The average molecular weight is 304 g/mol. The Balaban J connectivity index is 1.86. The van der Waals surface area contributed by atoms with Gasteiger partial charge in [-0.2, -0.15) is 0 Å². The number of allylic oxidation sites excluding steroid dienone is 3. The van der Waals surface area contributed by atoms with Crippen molar-refractivity contribution in [1.82, 2.24) is 0 Å². The van der Waals surface area contributed by atoms with Crippen LogP contribution >= 0.6 is 0 Å². The smallest absolute Gasteiger partial charge is 0.112 e. The summed E-state index contributed by atoms with van der Waals surface area (Å²) in [7, 11) is 1.91. The third kappa shape index (κ3) is 5.34. The molecule has 116 valence electrons. The molecule has 0 unspecified atom stereocenters. The molecule has 2 rings (SSSR count). The third-order valence-corrected chi connectivity index (χ3v) is 3.27. The lowest BCUT2D eigenvalue weighted by molar-refractivity contribution is 0.236. The van der Waals surface area contributed by atoms with E-state index in [1.54, 1.807) is 12.3 Å². The van der Waals surface area contributed by atoms with E-state index in [4.69, 9.17) is 10.1 Å². The molecule has 0 saturated carbocycles. The van der Waals surface area contributed by atoms with E-state index in [1.165, 1.54) is 0 Å². The predicted octanol–water partition coefficient (Wildman–Crippen LogP) is 4.54. The maximum atomic E-state index is 7.43. The minimum atomic E-state index is 0.544. The summed E-state index contributed by atoms with van der Waals surface area (Å²) >= 11 is 0. The second-order valence-corrected chi connectivity index (χ2v) is 4.89. The Kier molecular flexibility index (Phi) is 6.45. The van der Waals surface area contributed by atoms with Crippen molar-refractivity contribution in [3.8, 4) is 0 Å². The first-order valence-corrected chi connectivity index (χ1v) is 7.38. The lowest BCUT2D eigenvalue weighted by atomic mass is 10.2. The van der Waals surface area contributed by atoms with Gasteiger partial charge in [0, 0.05) is 18.6 Å².